The highest BCUT2D eigenvalue weighted by molar-refractivity contribution is 5.81. The summed E-state index contributed by atoms with van der Waals surface area (Å²) >= 11 is 0. The number of nitrogens with zero attached hydrogens (tertiary/aromatic N) is 3. The Hall–Kier alpha value is -5.31. The maximum absolute atomic E-state index is 9.57. The fourth-order valence-electron chi connectivity index (χ4n) is 3.68. The van der Waals surface area contributed by atoms with Gasteiger partial charge >= 0.3 is 18.0 Å². The van der Waals surface area contributed by atoms with Crippen LogP contribution < -0.4 is 14.2 Å². The maximum Gasteiger partial charge on any atom is 0.325 e. The molecule has 5 rings (SSSR count). The number of rotatable bonds is 6. The zero-order valence-corrected chi connectivity index (χ0v) is 21.6. The van der Waals surface area contributed by atoms with Crippen LogP contribution in [0.2, 0.25) is 0 Å². The molecule has 1 heterocycles. The second-order valence-electron chi connectivity index (χ2n) is 8.24. The van der Waals surface area contributed by atoms with Crippen molar-refractivity contribution in [2.24, 2.45) is 0 Å². The average molecular weight is 526 g/mol. The Morgan fingerprint density at radius 3 is 0.821 bits per heavy atom. The van der Waals surface area contributed by atoms with Gasteiger partial charge in [0.05, 0.1) is 21.3 Å². The van der Waals surface area contributed by atoms with Crippen molar-refractivity contribution in [1.82, 2.24) is 15.0 Å². The lowest BCUT2D eigenvalue weighted by atomic mass is 9.93. The third-order valence-electron chi connectivity index (χ3n) is 5.66. The molecule has 0 aliphatic carbocycles. The van der Waals surface area contributed by atoms with E-state index in [1.54, 1.807) is 36.4 Å². The van der Waals surface area contributed by atoms with Crippen LogP contribution in [-0.4, -0.2) is 51.6 Å². The Morgan fingerprint density at radius 1 is 0.385 bits per heavy atom. The molecule has 198 valence electrons. The van der Waals surface area contributed by atoms with E-state index in [4.69, 9.17) is 14.2 Å². The number of ether oxygens (including phenoxy) is 3. The number of phenolic OH excluding ortho intramolecular Hbond substituents is 3. The van der Waals surface area contributed by atoms with Crippen molar-refractivity contribution >= 4 is 0 Å². The van der Waals surface area contributed by atoms with Gasteiger partial charge in [0.1, 0.15) is 17.2 Å². The standard InChI is InChI=1S/C24H18O3.C6H9N3O3/c25-22-7-1-16(2-8-22)19-13-20(17-3-9-23(26)10-4-17)15-21(14-19)18-5-11-24(27)12-6-18;1-10-4-7-5(11-2)9-6(8-4)12-3/h1-15,25-27H;1-3H3. The van der Waals surface area contributed by atoms with Crippen molar-refractivity contribution < 1.29 is 29.5 Å². The number of aromatic hydroxyl groups is 3. The quantitative estimate of drug-likeness (QED) is 0.256. The number of phenols is 3. The fourth-order valence-corrected chi connectivity index (χ4v) is 3.68. The molecule has 4 aromatic carbocycles. The minimum atomic E-state index is 0.165. The topological polar surface area (TPSA) is 127 Å². The van der Waals surface area contributed by atoms with E-state index in [9.17, 15) is 15.3 Å². The highest BCUT2D eigenvalue weighted by Gasteiger charge is 2.08. The van der Waals surface area contributed by atoms with E-state index in [0.29, 0.717) is 0 Å². The molecule has 0 bridgehead atoms. The van der Waals surface area contributed by atoms with Crippen LogP contribution in [0.5, 0.6) is 35.3 Å². The van der Waals surface area contributed by atoms with Crippen LogP contribution in [0.4, 0.5) is 0 Å². The summed E-state index contributed by atoms with van der Waals surface area (Å²) in [6, 6.07) is 28.1. The zero-order valence-electron chi connectivity index (χ0n) is 21.6. The van der Waals surface area contributed by atoms with Crippen LogP contribution in [-0.2, 0) is 0 Å². The second kappa shape index (κ2) is 12.3. The van der Waals surface area contributed by atoms with E-state index >= 15 is 0 Å². The van der Waals surface area contributed by atoms with Gasteiger partial charge in [-0.3, -0.25) is 0 Å². The summed E-state index contributed by atoms with van der Waals surface area (Å²) in [7, 11) is 4.36. The Bertz CT molecular complexity index is 1310. The number of benzene rings is 4. The van der Waals surface area contributed by atoms with E-state index in [1.807, 2.05) is 36.4 Å². The van der Waals surface area contributed by atoms with Crippen molar-refractivity contribution in [1.29, 1.82) is 0 Å². The molecule has 0 aliphatic rings. The average Bonchev–Trinajstić information content (AvgIpc) is 2.98. The molecule has 0 aliphatic heterocycles. The number of aromatic nitrogens is 3. The molecule has 0 atom stereocenters. The van der Waals surface area contributed by atoms with Gasteiger partial charge < -0.3 is 29.5 Å². The molecule has 39 heavy (non-hydrogen) atoms. The van der Waals surface area contributed by atoms with E-state index in [2.05, 4.69) is 33.2 Å². The van der Waals surface area contributed by atoms with Gasteiger partial charge in [-0.15, -0.1) is 15.0 Å². The predicted octanol–water partition coefficient (Wildman–Crippen LogP) is 5.70. The third kappa shape index (κ3) is 6.92. The summed E-state index contributed by atoms with van der Waals surface area (Å²) in [5.74, 6) is 0.687. The highest BCUT2D eigenvalue weighted by atomic mass is 16.5. The smallest absolute Gasteiger partial charge is 0.325 e. The molecule has 0 fully saturated rings. The monoisotopic (exact) mass is 525 g/mol. The first-order valence-corrected chi connectivity index (χ1v) is 11.8. The SMILES string of the molecule is COc1nc(OC)nc(OC)n1.Oc1ccc(-c2cc(-c3ccc(O)cc3)cc(-c3ccc(O)cc3)c2)cc1. The van der Waals surface area contributed by atoms with Gasteiger partial charge in [0, 0.05) is 0 Å². The van der Waals surface area contributed by atoms with Gasteiger partial charge in [0.2, 0.25) is 0 Å². The zero-order chi connectivity index (χ0) is 27.8. The van der Waals surface area contributed by atoms with E-state index in [1.165, 1.54) is 21.3 Å². The fraction of sp³-hybridized carbons (Fsp3) is 0.100. The summed E-state index contributed by atoms with van der Waals surface area (Å²) in [5, 5.41) is 28.7. The number of methoxy groups -OCH3 is 3. The van der Waals surface area contributed by atoms with E-state index < -0.39 is 0 Å². The number of hydrogen-bond donors (Lipinski definition) is 3. The summed E-state index contributed by atoms with van der Waals surface area (Å²) in [5.41, 5.74) is 6.03. The highest BCUT2D eigenvalue weighted by Crippen LogP contribution is 2.34. The first-order chi connectivity index (χ1) is 18.9. The Balaban J connectivity index is 0.000000247. The molecule has 0 spiro atoms. The molecule has 1 aromatic heterocycles. The van der Waals surface area contributed by atoms with Gasteiger partial charge in [-0.2, -0.15) is 0 Å². The normalized spacial score (nSPS) is 10.2. The summed E-state index contributed by atoms with van der Waals surface area (Å²) in [4.78, 5) is 11.3. The van der Waals surface area contributed by atoms with Crippen molar-refractivity contribution in [2.45, 2.75) is 0 Å². The van der Waals surface area contributed by atoms with Crippen LogP contribution in [0, 0.1) is 0 Å². The molecular formula is C30H27N3O6. The lowest BCUT2D eigenvalue weighted by molar-refractivity contribution is 0.307. The van der Waals surface area contributed by atoms with Crippen LogP contribution in [0.3, 0.4) is 0 Å². The Labute approximate surface area is 225 Å². The Morgan fingerprint density at radius 2 is 0.615 bits per heavy atom. The minimum Gasteiger partial charge on any atom is -0.508 e. The molecule has 9 heteroatoms. The molecule has 9 nitrogen and oxygen atoms in total. The Kier molecular flexibility index (Phi) is 8.43. The van der Waals surface area contributed by atoms with E-state index in [-0.39, 0.29) is 35.3 Å². The number of hydrogen-bond acceptors (Lipinski definition) is 9. The third-order valence-corrected chi connectivity index (χ3v) is 5.66. The second-order valence-corrected chi connectivity index (χ2v) is 8.24. The first kappa shape index (κ1) is 26.7. The summed E-state index contributed by atoms with van der Waals surface area (Å²) in [6.07, 6.45) is 0. The largest absolute Gasteiger partial charge is 0.508 e. The van der Waals surface area contributed by atoms with Gasteiger partial charge in [0.15, 0.2) is 0 Å². The predicted molar refractivity (Wildman–Crippen MR) is 147 cm³/mol. The van der Waals surface area contributed by atoms with Crippen molar-refractivity contribution in [3.63, 3.8) is 0 Å². The molecule has 0 radical (unpaired) electrons. The molecule has 0 saturated heterocycles. The van der Waals surface area contributed by atoms with Crippen molar-refractivity contribution in [3.8, 4) is 68.7 Å². The van der Waals surface area contributed by atoms with Crippen LogP contribution in [0.1, 0.15) is 0 Å². The summed E-state index contributed by atoms with van der Waals surface area (Å²) in [6.45, 7) is 0. The van der Waals surface area contributed by atoms with Crippen LogP contribution in [0.15, 0.2) is 91.0 Å². The lowest BCUT2D eigenvalue weighted by Gasteiger charge is -2.12. The molecule has 0 unspecified atom stereocenters. The van der Waals surface area contributed by atoms with Crippen molar-refractivity contribution in [2.75, 3.05) is 21.3 Å². The molecule has 3 N–H and O–H groups in total. The minimum absolute atomic E-state index is 0.165. The van der Waals surface area contributed by atoms with E-state index in [0.717, 1.165) is 33.4 Å². The van der Waals surface area contributed by atoms with Crippen molar-refractivity contribution in [3.05, 3.63) is 91.0 Å². The summed E-state index contributed by atoms with van der Waals surface area (Å²) < 4.78 is 14.3. The van der Waals surface area contributed by atoms with Gasteiger partial charge in [-0.1, -0.05) is 36.4 Å². The van der Waals surface area contributed by atoms with Gasteiger partial charge in [-0.05, 0) is 88.0 Å². The first-order valence-electron chi connectivity index (χ1n) is 11.8. The molecule has 0 amide bonds. The molecule has 0 saturated carbocycles. The molecular weight excluding hydrogens is 498 g/mol. The van der Waals surface area contributed by atoms with Crippen LogP contribution in [0.25, 0.3) is 33.4 Å². The molecule has 5 aromatic rings. The van der Waals surface area contributed by atoms with Gasteiger partial charge in [0.25, 0.3) is 0 Å². The van der Waals surface area contributed by atoms with Crippen LogP contribution >= 0.6 is 0 Å². The maximum atomic E-state index is 9.57. The van der Waals surface area contributed by atoms with Gasteiger partial charge in [-0.25, -0.2) is 0 Å². The lowest BCUT2D eigenvalue weighted by Crippen LogP contribution is -2.01.